The summed E-state index contributed by atoms with van der Waals surface area (Å²) in [4.78, 5) is 1.34. The van der Waals surface area contributed by atoms with Crippen LogP contribution in [0, 0.1) is 0 Å². The van der Waals surface area contributed by atoms with Crippen LogP contribution in [0.25, 0.3) is 0 Å². The van der Waals surface area contributed by atoms with E-state index in [9.17, 15) is 0 Å². The molecule has 1 unspecified atom stereocenters. The van der Waals surface area contributed by atoms with E-state index in [0.717, 1.165) is 13.1 Å². The van der Waals surface area contributed by atoms with Crippen LogP contribution < -0.4 is 5.32 Å². The lowest BCUT2D eigenvalue weighted by Gasteiger charge is -2.11. The van der Waals surface area contributed by atoms with Crippen LogP contribution in [0.1, 0.15) is 17.8 Å². The van der Waals surface area contributed by atoms with Gasteiger partial charge in [-0.15, -0.1) is 16.4 Å². The van der Waals surface area contributed by atoms with Crippen molar-refractivity contribution in [1.82, 2.24) is 20.3 Å². The van der Waals surface area contributed by atoms with Crippen LogP contribution in [0.5, 0.6) is 0 Å². The first kappa shape index (κ1) is 11.8. The zero-order chi connectivity index (χ0) is 11.4. The molecule has 1 atom stereocenters. The van der Waals surface area contributed by atoms with Crippen LogP contribution in [-0.4, -0.2) is 21.5 Å². The summed E-state index contributed by atoms with van der Waals surface area (Å²) >= 11 is 5.23. The van der Waals surface area contributed by atoms with Crippen molar-refractivity contribution < 1.29 is 0 Å². The van der Waals surface area contributed by atoms with Gasteiger partial charge in [-0.05, 0) is 35.0 Å². The highest BCUT2D eigenvalue weighted by Crippen LogP contribution is 2.26. The molecule has 16 heavy (non-hydrogen) atoms. The lowest BCUT2D eigenvalue weighted by Crippen LogP contribution is -2.23. The quantitative estimate of drug-likeness (QED) is 0.922. The lowest BCUT2D eigenvalue weighted by atomic mass is 10.3. The maximum absolute atomic E-state index is 3.91. The Morgan fingerprint density at radius 2 is 2.44 bits per heavy atom. The molecule has 0 amide bonds. The van der Waals surface area contributed by atoms with Gasteiger partial charge < -0.3 is 5.32 Å². The molecule has 4 nitrogen and oxygen atoms in total. The highest BCUT2D eigenvalue weighted by Gasteiger charge is 2.06. The minimum absolute atomic E-state index is 0.375. The molecule has 2 rings (SSSR count). The molecule has 0 saturated heterocycles. The molecule has 0 radical (unpaired) electrons. The Morgan fingerprint density at radius 1 is 1.56 bits per heavy atom. The highest BCUT2D eigenvalue weighted by molar-refractivity contribution is 9.11. The third-order valence-electron chi connectivity index (χ3n) is 2.28. The minimum atomic E-state index is 0.375. The van der Waals surface area contributed by atoms with E-state index in [2.05, 4.69) is 50.6 Å². The summed E-state index contributed by atoms with van der Waals surface area (Å²) in [5.74, 6) is 0. The summed E-state index contributed by atoms with van der Waals surface area (Å²) in [7, 11) is 0. The van der Waals surface area contributed by atoms with Gasteiger partial charge >= 0.3 is 0 Å². The van der Waals surface area contributed by atoms with E-state index >= 15 is 0 Å². The predicted octanol–water partition coefficient (Wildman–Crippen LogP) is 2.45. The number of hydrogen-bond donors (Lipinski definition) is 1. The largest absolute Gasteiger partial charge is 0.308 e. The number of thiophene rings is 1. The van der Waals surface area contributed by atoms with E-state index in [1.807, 2.05) is 10.9 Å². The van der Waals surface area contributed by atoms with Crippen molar-refractivity contribution in [2.24, 2.45) is 0 Å². The first-order valence-electron chi connectivity index (χ1n) is 5.08. The lowest BCUT2D eigenvalue weighted by molar-refractivity contribution is 0.502. The molecule has 0 aromatic carbocycles. The molecule has 86 valence electrons. The Balaban J connectivity index is 1.78. The average Bonchev–Trinajstić information content (AvgIpc) is 2.89. The molecule has 0 spiro atoms. The fourth-order valence-corrected chi connectivity index (χ4v) is 2.86. The van der Waals surface area contributed by atoms with E-state index in [0.29, 0.717) is 6.04 Å². The first-order chi connectivity index (χ1) is 7.75. The fourth-order valence-electron chi connectivity index (χ4n) is 1.41. The summed E-state index contributed by atoms with van der Waals surface area (Å²) < 4.78 is 3.00. The Hall–Kier alpha value is -0.720. The molecule has 0 aliphatic carbocycles. The summed E-state index contributed by atoms with van der Waals surface area (Å²) in [6.45, 7) is 3.90. The topological polar surface area (TPSA) is 42.7 Å². The van der Waals surface area contributed by atoms with Crippen LogP contribution >= 0.6 is 27.3 Å². The van der Waals surface area contributed by atoms with E-state index in [-0.39, 0.29) is 0 Å². The van der Waals surface area contributed by atoms with Gasteiger partial charge in [0.1, 0.15) is 0 Å². The van der Waals surface area contributed by atoms with Gasteiger partial charge in [-0.25, -0.2) is 0 Å². The maximum atomic E-state index is 3.91. The third-order valence-corrected chi connectivity index (χ3v) is 4.09. The molecule has 0 fully saturated rings. The summed E-state index contributed by atoms with van der Waals surface area (Å²) in [6.07, 6.45) is 3.56. The van der Waals surface area contributed by atoms with Gasteiger partial charge in [-0.1, -0.05) is 5.21 Å². The first-order valence-corrected chi connectivity index (χ1v) is 6.69. The maximum Gasteiger partial charge on any atom is 0.0701 e. The molecule has 6 heteroatoms. The fraction of sp³-hybridized carbons (Fsp3) is 0.400. The van der Waals surface area contributed by atoms with Crippen molar-refractivity contribution in [2.45, 2.75) is 19.5 Å². The van der Waals surface area contributed by atoms with Crippen molar-refractivity contribution in [3.63, 3.8) is 0 Å². The second-order valence-corrected chi connectivity index (χ2v) is 5.98. The average molecular weight is 301 g/mol. The Kier molecular flexibility index (Phi) is 4.09. The molecule has 2 aromatic heterocycles. The van der Waals surface area contributed by atoms with Crippen LogP contribution in [0.4, 0.5) is 0 Å². The molecular weight excluding hydrogens is 288 g/mol. The number of halogens is 1. The van der Waals surface area contributed by atoms with Gasteiger partial charge in [0.15, 0.2) is 0 Å². The van der Waals surface area contributed by atoms with E-state index in [4.69, 9.17) is 0 Å². The molecule has 0 saturated carbocycles. The van der Waals surface area contributed by atoms with E-state index < -0.39 is 0 Å². The van der Waals surface area contributed by atoms with E-state index in [1.54, 1.807) is 17.5 Å². The van der Waals surface area contributed by atoms with Gasteiger partial charge in [-0.3, -0.25) is 4.68 Å². The van der Waals surface area contributed by atoms with Crippen LogP contribution in [-0.2, 0) is 6.54 Å². The monoisotopic (exact) mass is 300 g/mol. The van der Waals surface area contributed by atoms with Crippen molar-refractivity contribution in [3.8, 4) is 0 Å². The van der Waals surface area contributed by atoms with Crippen molar-refractivity contribution in [1.29, 1.82) is 0 Å². The smallest absolute Gasteiger partial charge is 0.0701 e. The third kappa shape index (κ3) is 3.13. The highest BCUT2D eigenvalue weighted by atomic mass is 79.9. The molecule has 2 heterocycles. The zero-order valence-corrected chi connectivity index (χ0v) is 11.3. The van der Waals surface area contributed by atoms with Gasteiger partial charge in [-0.2, -0.15) is 0 Å². The van der Waals surface area contributed by atoms with Crippen molar-refractivity contribution >= 4 is 27.3 Å². The number of nitrogens with one attached hydrogen (secondary N) is 1. The number of aromatic nitrogens is 3. The van der Waals surface area contributed by atoms with Gasteiger partial charge in [0, 0.05) is 23.7 Å². The Morgan fingerprint density at radius 3 is 3.06 bits per heavy atom. The number of nitrogens with zero attached hydrogens (tertiary/aromatic N) is 3. The summed E-state index contributed by atoms with van der Waals surface area (Å²) in [5.41, 5.74) is 0. The molecule has 0 bridgehead atoms. The molecular formula is C10H13BrN4S. The van der Waals surface area contributed by atoms with Gasteiger partial charge in [0.25, 0.3) is 0 Å². The van der Waals surface area contributed by atoms with Crippen molar-refractivity contribution in [3.05, 3.63) is 33.2 Å². The molecule has 0 aliphatic rings. The standard InChI is InChI=1S/C10H13BrN4S/c1-8(9-2-3-10(11)16-9)12-4-6-15-7-5-13-14-15/h2-3,5,7-8,12H,4,6H2,1H3. The van der Waals surface area contributed by atoms with Crippen LogP contribution in [0.3, 0.4) is 0 Å². The second kappa shape index (κ2) is 5.56. The number of rotatable bonds is 5. The molecule has 0 aliphatic heterocycles. The summed E-state index contributed by atoms with van der Waals surface area (Å²) in [5, 5.41) is 11.1. The second-order valence-electron chi connectivity index (χ2n) is 3.48. The normalized spacial score (nSPS) is 12.9. The van der Waals surface area contributed by atoms with Crippen LogP contribution in [0.2, 0.25) is 0 Å². The zero-order valence-electron chi connectivity index (χ0n) is 8.93. The predicted molar refractivity (Wildman–Crippen MR) is 68.5 cm³/mol. The van der Waals surface area contributed by atoms with E-state index in [1.165, 1.54) is 8.66 Å². The Labute approximate surface area is 107 Å². The SMILES string of the molecule is CC(NCCn1ccnn1)c1ccc(Br)s1. The molecule has 1 N–H and O–H groups in total. The van der Waals surface area contributed by atoms with Crippen LogP contribution in [0.15, 0.2) is 28.3 Å². The summed E-state index contributed by atoms with van der Waals surface area (Å²) in [6, 6.07) is 4.59. The van der Waals surface area contributed by atoms with Crippen molar-refractivity contribution in [2.75, 3.05) is 6.54 Å². The van der Waals surface area contributed by atoms with Gasteiger partial charge in [0.05, 0.1) is 16.5 Å². The number of hydrogen-bond acceptors (Lipinski definition) is 4. The minimum Gasteiger partial charge on any atom is -0.308 e. The van der Waals surface area contributed by atoms with Gasteiger partial charge in [0.2, 0.25) is 0 Å². The molecule has 2 aromatic rings. The Bertz CT molecular complexity index is 426.